The summed E-state index contributed by atoms with van der Waals surface area (Å²) in [6, 6.07) is 16.2. The molecule has 3 heterocycles. The number of anilines is 3. The molecule has 2 amide bonds. The number of fused-ring (bicyclic) bond motifs is 3. The van der Waals surface area contributed by atoms with Crippen LogP contribution < -0.4 is 20.4 Å². The summed E-state index contributed by atoms with van der Waals surface area (Å²) in [5.74, 6) is -0.0335. The quantitative estimate of drug-likeness (QED) is 0.667. The van der Waals surface area contributed by atoms with Crippen molar-refractivity contribution >= 4 is 28.9 Å². The van der Waals surface area contributed by atoms with Crippen molar-refractivity contribution in [1.82, 2.24) is 10.2 Å². The molecule has 0 aromatic heterocycles. The van der Waals surface area contributed by atoms with E-state index in [9.17, 15) is 9.59 Å². The van der Waals surface area contributed by atoms with E-state index in [0.717, 1.165) is 76.3 Å². The van der Waals surface area contributed by atoms with Crippen molar-refractivity contribution in [3.8, 4) is 0 Å². The molecule has 2 N–H and O–H groups in total. The molecule has 2 fully saturated rings. The number of hydrogen-bond acceptors (Lipinski definition) is 5. The minimum atomic E-state index is -0.0817. The number of nitrogens with zero attached hydrogens (tertiary/aromatic N) is 3. The highest BCUT2D eigenvalue weighted by atomic mass is 16.2. The zero-order chi connectivity index (χ0) is 22.6. The zero-order valence-electron chi connectivity index (χ0n) is 19.1. The van der Waals surface area contributed by atoms with Crippen molar-refractivity contribution in [2.75, 3.05) is 60.9 Å². The number of nitrogens with one attached hydrogen (secondary N) is 2. The number of hydrogen-bond donors (Lipinski definition) is 2. The second-order valence-corrected chi connectivity index (χ2v) is 9.20. The Morgan fingerprint density at radius 1 is 1.00 bits per heavy atom. The molecule has 5 rings (SSSR count). The monoisotopic (exact) mass is 447 g/mol. The maximum Gasteiger partial charge on any atom is 0.251 e. The maximum atomic E-state index is 12.7. The predicted octanol–water partition coefficient (Wildman–Crippen LogP) is 2.94. The Balaban J connectivity index is 1.08. The Labute approximate surface area is 195 Å². The molecular formula is C26H33N5O2. The highest BCUT2D eigenvalue weighted by Gasteiger charge is 2.34. The summed E-state index contributed by atoms with van der Waals surface area (Å²) in [5.41, 5.74) is 3.68. The fraction of sp³-hybridized carbons (Fsp3) is 0.462. The molecule has 0 saturated carbocycles. The largest absolute Gasteiger partial charge is 0.369 e. The molecule has 3 aliphatic rings. The van der Waals surface area contributed by atoms with Gasteiger partial charge in [0.1, 0.15) is 6.04 Å². The molecule has 7 nitrogen and oxygen atoms in total. The molecule has 0 unspecified atom stereocenters. The van der Waals surface area contributed by atoms with Crippen LogP contribution in [0.1, 0.15) is 36.0 Å². The van der Waals surface area contributed by atoms with Gasteiger partial charge in [-0.15, -0.1) is 0 Å². The summed E-state index contributed by atoms with van der Waals surface area (Å²) < 4.78 is 0. The van der Waals surface area contributed by atoms with E-state index < -0.39 is 0 Å². The average Bonchev–Trinajstić information content (AvgIpc) is 2.87. The van der Waals surface area contributed by atoms with Crippen LogP contribution in [-0.4, -0.2) is 68.6 Å². The number of piperazine rings is 1. The lowest BCUT2D eigenvalue weighted by Gasteiger charge is -2.41. The SMILES string of the molecule is O=C(NCCCN1CCN(c2ccccc2)CC1)c1ccc2c(c1)NC(=O)[C@H]1CCCCN21. The number of para-hydroxylation sites is 1. The molecule has 174 valence electrons. The van der Waals surface area contributed by atoms with Gasteiger partial charge in [0.25, 0.3) is 5.91 Å². The lowest BCUT2D eigenvalue weighted by Crippen LogP contribution is -2.50. The first-order chi connectivity index (χ1) is 16.2. The van der Waals surface area contributed by atoms with E-state index in [4.69, 9.17) is 0 Å². The van der Waals surface area contributed by atoms with Crippen LogP contribution in [0.3, 0.4) is 0 Å². The molecule has 2 saturated heterocycles. The Morgan fingerprint density at radius 3 is 2.64 bits per heavy atom. The maximum absolute atomic E-state index is 12.7. The molecule has 1 atom stereocenters. The summed E-state index contributed by atoms with van der Waals surface area (Å²) >= 11 is 0. The molecule has 7 heteroatoms. The average molecular weight is 448 g/mol. The minimum absolute atomic E-state index is 0.0483. The Hall–Kier alpha value is -3.06. The molecule has 0 bridgehead atoms. The van der Waals surface area contributed by atoms with E-state index in [1.807, 2.05) is 18.2 Å². The summed E-state index contributed by atoms with van der Waals surface area (Å²) in [6.07, 6.45) is 4.02. The van der Waals surface area contributed by atoms with Crippen LogP contribution in [0.4, 0.5) is 17.1 Å². The van der Waals surface area contributed by atoms with E-state index in [2.05, 4.69) is 55.7 Å². The molecule has 3 aliphatic heterocycles. The van der Waals surface area contributed by atoms with E-state index in [1.54, 1.807) is 0 Å². The van der Waals surface area contributed by atoms with Crippen LogP contribution >= 0.6 is 0 Å². The van der Waals surface area contributed by atoms with E-state index in [1.165, 1.54) is 5.69 Å². The van der Waals surface area contributed by atoms with E-state index >= 15 is 0 Å². The Bertz CT molecular complexity index is 987. The van der Waals surface area contributed by atoms with Gasteiger partial charge in [0.05, 0.1) is 11.4 Å². The Morgan fingerprint density at radius 2 is 1.82 bits per heavy atom. The second kappa shape index (κ2) is 9.83. The molecule has 33 heavy (non-hydrogen) atoms. The first-order valence-electron chi connectivity index (χ1n) is 12.2. The van der Waals surface area contributed by atoms with Crippen molar-refractivity contribution in [2.45, 2.75) is 31.7 Å². The fourth-order valence-corrected chi connectivity index (χ4v) is 5.21. The summed E-state index contributed by atoms with van der Waals surface area (Å²) in [7, 11) is 0. The first-order valence-corrected chi connectivity index (χ1v) is 12.2. The van der Waals surface area contributed by atoms with Crippen LogP contribution in [0.25, 0.3) is 0 Å². The third-order valence-electron chi connectivity index (χ3n) is 7.06. The number of carbonyl (C=O) groups excluding carboxylic acids is 2. The van der Waals surface area contributed by atoms with Gasteiger partial charge in [-0.25, -0.2) is 0 Å². The number of benzene rings is 2. The normalized spacial score (nSPS) is 20.6. The van der Waals surface area contributed by atoms with Crippen molar-refractivity contribution in [1.29, 1.82) is 0 Å². The topological polar surface area (TPSA) is 67.9 Å². The van der Waals surface area contributed by atoms with E-state index in [0.29, 0.717) is 12.1 Å². The smallest absolute Gasteiger partial charge is 0.251 e. The Kier molecular flexibility index (Phi) is 6.48. The fourth-order valence-electron chi connectivity index (χ4n) is 5.21. The third-order valence-corrected chi connectivity index (χ3v) is 7.06. The van der Waals surface area contributed by atoms with Crippen molar-refractivity contribution in [3.63, 3.8) is 0 Å². The summed E-state index contributed by atoms with van der Waals surface area (Å²) in [5, 5.41) is 6.05. The highest BCUT2D eigenvalue weighted by Crippen LogP contribution is 2.36. The molecule has 0 aliphatic carbocycles. The van der Waals surface area contributed by atoms with Crippen LogP contribution in [-0.2, 0) is 4.79 Å². The van der Waals surface area contributed by atoms with Gasteiger partial charge in [0, 0.05) is 50.5 Å². The van der Waals surface area contributed by atoms with Crippen LogP contribution in [0.2, 0.25) is 0 Å². The second-order valence-electron chi connectivity index (χ2n) is 9.20. The number of amides is 2. The predicted molar refractivity (Wildman–Crippen MR) is 132 cm³/mol. The minimum Gasteiger partial charge on any atom is -0.369 e. The molecule has 0 radical (unpaired) electrons. The summed E-state index contributed by atoms with van der Waals surface area (Å²) in [4.78, 5) is 32.3. The highest BCUT2D eigenvalue weighted by molar-refractivity contribution is 6.05. The molecule has 2 aromatic carbocycles. The van der Waals surface area contributed by atoms with Crippen LogP contribution in [0.15, 0.2) is 48.5 Å². The number of piperidine rings is 1. The standard InChI is InChI=1S/C26H33N5O2/c32-25(20-10-11-23-22(19-20)28-26(33)24-9-4-5-14-31(23)24)27-12-6-13-29-15-17-30(18-16-29)21-7-2-1-3-8-21/h1-3,7-8,10-11,19,24H,4-6,9,12-18H2,(H,27,32)(H,28,33)/t24-/m1/s1. The van der Waals surface area contributed by atoms with Crippen molar-refractivity contribution in [3.05, 3.63) is 54.1 Å². The number of carbonyl (C=O) groups is 2. The molecular weight excluding hydrogens is 414 g/mol. The molecule has 0 spiro atoms. The number of rotatable bonds is 6. The molecule has 2 aromatic rings. The van der Waals surface area contributed by atoms with Gasteiger partial charge in [-0.2, -0.15) is 0 Å². The first kappa shape index (κ1) is 21.8. The van der Waals surface area contributed by atoms with Crippen molar-refractivity contribution < 1.29 is 9.59 Å². The van der Waals surface area contributed by atoms with Crippen LogP contribution in [0, 0.1) is 0 Å². The van der Waals surface area contributed by atoms with Gasteiger partial charge in [0.15, 0.2) is 0 Å². The lowest BCUT2D eigenvalue weighted by molar-refractivity contribution is -0.118. The van der Waals surface area contributed by atoms with Gasteiger partial charge < -0.3 is 20.4 Å². The van der Waals surface area contributed by atoms with E-state index in [-0.39, 0.29) is 17.9 Å². The zero-order valence-corrected chi connectivity index (χ0v) is 19.1. The van der Waals surface area contributed by atoms with Gasteiger partial charge in [-0.1, -0.05) is 18.2 Å². The van der Waals surface area contributed by atoms with Gasteiger partial charge in [0.2, 0.25) is 5.91 Å². The summed E-state index contributed by atoms with van der Waals surface area (Å²) in [6.45, 7) is 6.70. The van der Waals surface area contributed by atoms with Crippen molar-refractivity contribution in [2.24, 2.45) is 0 Å². The van der Waals surface area contributed by atoms with Gasteiger partial charge in [-0.05, 0) is 62.6 Å². The van der Waals surface area contributed by atoms with Gasteiger partial charge in [-0.3, -0.25) is 14.5 Å². The third kappa shape index (κ3) is 4.83. The van der Waals surface area contributed by atoms with Gasteiger partial charge >= 0.3 is 0 Å². The van der Waals surface area contributed by atoms with Crippen LogP contribution in [0.5, 0.6) is 0 Å². The lowest BCUT2D eigenvalue weighted by atomic mass is 9.97.